The van der Waals surface area contributed by atoms with E-state index >= 15 is 0 Å². The number of nitrogens with zero attached hydrogens (tertiary/aromatic N) is 2. The number of nitrogens with two attached hydrogens (primary N) is 1. The van der Waals surface area contributed by atoms with Crippen molar-refractivity contribution in [3.05, 3.63) is 41.0 Å². The quantitative estimate of drug-likeness (QED) is 0.651. The number of hydrogen-bond acceptors (Lipinski definition) is 5. The Kier molecular flexibility index (Phi) is 5.08. The number of ether oxygens (including phenoxy) is 1. The molecule has 0 amide bonds. The molecule has 0 saturated carbocycles. The lowest BCUT2D eigenvalue weighted by Gasteiger charge is -2.19. The molecule has 0 aliphatic heterocycles. The number of nitrogen functional groups attached to an aromatic ring is 1. The number of nitrogens with one attached hydrogen (secondary N) is 1. The number of anilines is 2. The van der Waals surface area contributed by atoms with Gasteiger partial charge in [-0.05, 0) is 23.1 Å². The lowest BCUT2D eigenvalue weighted by Crippen LogP contribution is -2.13. The monoisotopic (exact) mass is 320 g/mol. The van der Waals surface area contributed by atoms with Gasteiger partial charge in [0.2, 0.25) is 5.95 Å². The van der Waals surface area contributed by atoms with E-state index in [0.717, 1.165) is 5.75 Å². The summed E-state index contributed by atoms with van der Waals surface area (Å²) in [5.41, 5.74) is 6.95. The molecule has 0 spiro atoms. The fourth-order valence-corrected chi connectivity index (χ4v) is 2.11. The topological polar surface area (TPSA) is 73.1 Å². The summed E-state index contributed by atoms with van der Waals surface area (Å²) < 4.78 is 5.69. The highest BCUT2D eigenvalue weighted by atomic mass is 35.5. The SMILES string of the molecule is CC(C)(C)c1ccc(OCCNc2cc(Cl)nc(N)n2)cc1. The van der Waals surface area contributed by atoms with Crippen LogP contribution in [0.2, 0.25) is 5.15 Å². The Morgan fingerprint density at radius 3 is 2.45 bits per heavy atom. The summed E-state index contributed by atoms with van der Waals surface area (Å²) in [7, 11) is 0. The molecule has 5 nitrogen and oxygen atoms in total. The fraction of sp³-hybridized carbons (Fsp3) is 0.375. The molecule has 22 heavy (non-hydrogen) atoms. The average Bonchev–Trinajstić information content (AvgIpc) is 2.42. The smallest absolute Gasteiger partial charge is 0.223 e. The minimum absolute atomic E-state index is 0.145. The molecule has 0 radical (unpaired) electrons. The van der Waals surface area contributed by atoms with Gasteiger partial charge in [-0.25, -0.2) is 4.98 Å². The lowest BCUT2D eigenvalue weighted by atomic mass is 9.87. The van der Waals surface area contributed by atoms with E-state index in [9.17, 15) is 0 Å². The van der Waals surface area contributed by atoms with Crippen molar-refractivity contribution in [2.24, 2.45) is 0 Å². The summed E-state index contributed by atoms with van der Waals surface area (Å²) in [6.07, 6.45) is 0. The predicted octanol–water partition coefficient (Wildman–Crippen LogP) is 3.50. The van der Waals surface area contributed by atoms with Gasteiger partial charge in [0.1, 0.15) is 23.3 Å². The molecule has 0 fully saturated rings. The van der Waals surface area contributed by atoms with Gasteiger partial charge in [0.15, 0.2) is 0 Å². The van der Waals surface area contributed by atoms with Gasteiger partial charge >= 0.3 is 0 Å². The first-order valence-corrected chi connectivity index (χ1v) is 7.50. The van der Waals surface area contributed by atoms with Crippen LogP contribution in [0.15, 0.2) is 30.3 Å². The van der Waals surface area contributed by atoms with Crippen molar-refractivity contribution < 1.29 is 4.74 Å². The van der Waals surface area contributed by atoms with Crippen LogP contribution >= 0.6 is 11.6 Å². The molecule has 1 aromatic heterocycles. The normalized spacial score (nSPS) is 11.3. The first kappa shape index (κ1) is 16.4. The largest absolute Gasteiger partial charge is 0.492 e. The first-order valence-electron chi connectivity index (χ1n) is 7.12. The summed E-state index contributed by atoms with van der Waals surface area (Å²) in [6, 6.07) is 9.78. The maximum absolute atomic E-state index is 5.81. The van der Waals surface area contributed by atoms with Crippen molar-refractivity contribution in [3.63, 3.8) is 0 Å². The number of rotatable bonds is 5. The third-order valence-corrected chi connectivity index (χ3v) is 3.30. The number of aromatic nitrogens is 2. The summed E-state index contributed by atoms with van der Waals surface area (Å²) in [5.74, 6) is 1.58. The van der Waals surface area contributed by atoms with Gasteiger partial charge in [0, 0.05) is 6.07 Å². The standard InChI is InChI=1S/C16H21ClN4O/c1-16(2,3)11-4-6-12(7-5-11)22-9-8-19-14-10-13(17)20-15(18)21-14/h4-7,10H,8-9H2,1-3H3,(H3,18,19,20,21). The van der Waals surface area contributed by atoms with Crippen molar-refractivity contribution in [1.82, 2.24) is 9.97 Å². The van der Waals surface area contributed by atoms with Gasteiger partial charge in [-0.3, -0.25) is 0 Å². The Labute approximate surface area is 135 Å². The molecule has 1 heterocycles. The van der Waals surface area contributed by atoms with E-state index in [1.54, 1.807) is 6.07 Å². The van der Waals surface area contributed by atoms with Crippen molar-refractivity contribution >= 4 is 23.4 Å². The summed E-state index contributed by atoms with van der Waals surface area (Å²) in [4.78, 5) is 7.83. The third-order valence-electron chi connectivity index (χ3n) is 3.11. The molecule has 118 valence electrons. The molecule has 0 atom stereocenters. The highest BCUT2D eigenvalue weighted by Crippen LogP contribution is 2.24. The van der Waals surface area contributed by atoms with E-state index in [2.05, 4.69) is 48.2 Å². The Hall–Kier alpha value is -2.01. The minimum Gasteiger partial charge on any atom is -0.492 e. The molecular formula is C16H21ClN4O. The van der Waals surface area contributed by atoms with Gasteiger partial charge in [-0.15, -0.1) is 0 Å². The predicted molar refractivity (Wildman–Crippen MR) is 90.6 cm³/mol. The van der Waals surface area contributed by atoms with E-state index in [4.69, 9.17) is 22.1 Å². The van der Waals surface area contributed by atoms with Gasteiger partial charge in [0.25, 0.3) is 0 Å². The lowest BCUT2D eigenvalue weighted by molar-refractivity contribution is 0.332. The zero-order valence-corrected chi connectivity index (χ0v) is 13.8. The van der Waals surface area contributed by atoms with Crippen molar-refractivity contribution in [3.8, 4) is 5.75 Å². The van der Waals surface area contributed by atoms with Crippen LogP contribution in [0.5, 0.6) is 5.75 Å². The van der Waals surface area contributed by atoms with Gasteiger partial charge < -0.3 is 15.8 Å². The maximum Gasteiger partial charge on any atom is 0.223 e. The van der Waals surface area contributed by atoms with Crippen molar-refractivity contribution in [2.75, 3.05) is 24.2 Å². The summed E-state index contributed by atoms with van der Waals surface area (Å²) >= 11 is 5.81. The number of halogens is 1. The molecule has 2 aromatic rings. The van der Waals surface area contributed by atoms with Crippen molar-refractivity contribution in [2.45, 2.75) is 26.2 Å². The Balaban J connectivity index is 1.81. The Morgan fingerprint density at radius 2 is 1.86 bits per heavy atom. The Bertz CT molecular complexity index is 603. The zero-order valence-electron chi connectivity index (χ0n) is 13.1. The highest BCUT2D eigenvalue weighted by molar-refractivity contribution is 6.29. The zero-order chi connectivity index (χ0) is 16.2. The van der Waals surface area contributed by atoms with Gasteiger partial charge in [-0.2, -0.15) is 4.98 Å². The van der Waals surface area contributed by atoms with E-state index in [1.165, 1.54) is 5.56 Å². The van der Waals surface area contributed by atoms with Crippen LogP contribution < -0.4 is 15.8 Å². The first-order chi connectivity index (χ1) is 10.3. The average molecular weight is 321 g/mol. The second kappa shape index (κ2) is 6.83. The molecule has 6 heteroatoms. The van der Waals surface area contributed by atoms with Crippen LogP contribution in [0.25, 0.3) is 0 Å². The van der Waals surface area contributed by atoms with Crippen LogP contribution in [0, 0.1) is 0 Å². The highest BCUT2D eigenvalue weighted by Gasteiger charge is 2.12. The van der Waals surface area contributed by atoms with Crippen LogP contribution in [-0.2, 0) is 5.41 Å². The van der Waals surface area contributed by atoms with Crippen LogP contribution in [-0.4, -0.2) is 23.1 Å². The molecule has 3 N–H and O–H groups in total. The molecule has 0 aliphatic carbocycles. The van der Waals surface area contributed by atoms with E-state index in [0.29, 0.717) is 24.1 Å². The number of hydrogen-bond donors (Lipinski definition) is 2. The second-order valence-electron chi connectivity index (χ2n) is 5.98. The molecular weight excluding hydrogens is 300 g/mol. The minimum atomic E-state index is 0.145. The molecule has 0 bridgehead atoms. The fourth-order valence-electron chi connectivity index (χ4n) is 1.92. The van der Waals surface area contributed by atoms with Crippen LogP contribution in [0.3, 0.4) is 0 Å². The maximum atomic E-state index is 5.81. The van der Waals surface area contributed by atoms with Gasteiger partial charge in [0.05, 0.1) is 6.54 Å². The summed E-state index contributed by atoms with van der Waals surface area (Å²) in [5, 5.41) is 3.41. The third kappa shape index (κ3) is 4.77. The number of benzene rings is 1. The Morgan fingerprint density at radius 1 is 1.18 bits per heavy atom. The van der Waals surface area contributed by atoms with Gasteiger partial charge in [-0.1, -0.05) is 44.5 Å². The molecule has 0 saturated heterocycles. The second-order valence-corrected chi connectivity index (χ2v) is 6.37. The van der Waals surface area contributed by atoms with E-state index in [-0.39, 0.29) is 11.4 Å². The summed E-state index contributed by atoms with van der Waals surface area (Å²) in [6.45, 7) is 7.66. The molecule has 1 aromatic carbocycles. The van der Waals surface area contributed by atoms with Crippen molar-refractivity contribution in [1.29, 1.82) is 0 Å². The van der Waals surface area contributed by atoms with Crippen LogP contribution in [0.4, 0.5) is 11.8 Å². The van der Waals surface area contributed by atoms with E-state index in [1.807, 2.05) is 12.1 Å². The van der Waals surface area contributed by atoms with E-state index < -0.39 is 0 Å². The van der Waals surface area contributed by atoms with Crippen LogP contribution in [0.1, 0.15) is 26.3 Å². The molecule has 2 rings (SSSR count). The molecule has 0 unspecified atom stereocenters. The molecule has 0 aliphatic rings.